The summed E-state index contributed by atoms with van der Waals surface area (Å²) >= 11 is 0. The lowest BCUT2D eigenvalue weighted by atomic mass is 9.99. The topological polar surface area (TPSA) is 37.4 Å². The van der Waals surface area contributed by atoms with Gasteiger partial charge in [0.25, 0.3) is 0 Å². The number of hydrogen-bond acceptors (Lipinski definition) is 2. The van der Waals surface area contributed by atoms with E-state index in [4.69, 9.17) is 0 Å². The normalized spacial score (nSPS) is 19.5. The van der Waals surface area contributed by atoms with E-state index in [9.17, 15) is 8.42 Å². The second-order valence-electron chi connectivity index (χ2n) is 7.18. The van der Waals surface area contributed by atoms with E-state index in [0.717, 1.165) is 11.1 Å². The molecule has 3 rings (SSSR count). The average molecular weight is 406 g/mol. The molecule has 0 aliphatic heterocycles. The Bertz CT molecular complexity index is 1000. The summed E-state index contributed by atoms with van der Waals surface area (Å²) in [6.45, 7) is 5.99. The second kappa shape index (κ2) is 9.68. The molecule has 2 aromatic carbocycles. The Morgan fingerprint density at radius 1 is 1.03 bits per heavy atom. The van der Waals surface area contributed by atoms with E-state index >= 15 is 0 Å². The Morgan fingerprint density at radius 3 is 2.41 bits per heavy atom. The van der Waals surface area contributed by atoms with Crippen molar-refractivity contribution in [2.45, 2.75) is 24.3 Å². The van der Waals surface area contributed by atoms with Crippen LogP contribution in [0.4, 0.5) is 0 Å². The molecule has 0 N–H and O–H groups in total. The summed E-state index contributed by atoms with van der Waals surface area (Å²) in [5.74, 6) is 0.135. The van der Waals surface area contributed by atoms with E-state index < -0.39 is 10.0 Å². The van der Waals surface area contributed by atoms with Crippen LogP contribution in [0.15, 0.2) is 103 Å². The summed E-state index contributed by atoms with van der Waals surface area (Å²) in [6.07, 6.45) is 14.5. The molecule has 0 spiro atoms. The standard InChI is InChI=1S/C25H27NO2S/c1-3-19-26(29(27,28)25-17-13-21(2)14-18-25)24-12-8-7-11-23(20-24)16-15-22-9-5-4-6-10-22/h3-18,23-24H,1,19-20H2,2H3/b16-15+/t23-,24-/m1/s1. The van der Waals surface area contributed by atoms with Crippen molar-refractivity contribution >= 4 is 16.1 Å². The first kappa shape index (κ1) is 21.0. The fourth-order valence-corrected chi connectivity index (χ4v) is 4.94. The summed E-state index contributed by atoms with van der Waals surface area (Å²) < 4.78 is 28.2. The predicted octanol–water partition coefficient (Wildman–Crippen LogP) is 5.39. The maximum Gasteiger partial charge on any atom is 0.243 e. The van der Waals surface area contributed by atoms with Crippen molar-refractivity contribution in [2.24, 2.45) is 5.92 Å². The van der Waals surface area contributed by atoms with Crippen molar-refractivity contribution in [3.63, 3.8) is 0 Å². The molecule has 0 radical (unpaired) electrons. The number of benzene rings is 2. The quantitative estimate of drug-likeness (QED) is 0.580. The van der Waals surface area contributed by atoms with Gasteiger partial charge in [-0.05, 0) is 37.0 Å². The molecule has 0 aromatic heterocycles. The van der Waals surface area contributed by atoms with E-state index in [0.29, 0.717) is 11.3 Å². The van der Waals surface area contributed by atoms with Crippen LogP contribution >= 0.6 is 0 Å². The zero-order valence-corrected chi connectivity index (χ0v) is 17.5. The molecule has 1 aliphatic carbocycles. The van der Waals surface area contributed by atoms with E-state index in [1.807, 2.05) is 55.5 Å². The van der Waals surface area contributed by atoms with Crippen LogP contribution < -0.4 is 0 Å². The first-order valence-corrected chi connectivity index (χ1v) is 11.2. The molecule has 4 heteroatoms. The third kappa shape index (κ3) is 5.43. The van der Waals surface area contributed by atoms with Gasteiger partial charge in [-0.2, -0.15) is 4.31 Å². The van der Waals surface area contributed by atoms with Crippen LogP contribution in [-0.2, 0) is 10.0 Å². The Morgan fingerprint density at radius 2 is 1.72 bits per heavy atom. The molecule has 0 saturated heterocycles. The van der Waals surface area contributed by atoms with Gasteiger partial charge in [0.1, 0.15) is 0 Å². The molecular formula is C25H27NO2S. The van der Waals surface area contributed by atoms with Gasteiger partial charge in [-0.3, -0.25) is 0 Å². The van der Waals surface area contributed by atoms with Gasteiger partial charge in [0.2, 0.25) is 10.0 Å². The van der Waals surface area contributed by atoms with Crippen molar-refractivity contribution in [2.75, 3.05) is 6.54 Å². The molecule has 150 valence electrons. The molecule has 0 amide bonds. The lowest BCUT2D eigenvalue weighted by Crippen LogP contribution is -2.40. The number of allylic oxidation sites excluding steroid dienone is 4. The van der Waals surface area contributed by atoms with Gasteiger partial charge >= 0.3 is 0 Å². The maximum absolute atomic E-state index is 13.3. The summed E-state index contributed by atoms with van der Waals surface area (Å²) in [6, 6.07) is 16.9. The molecule has 2 aromatic rings. The number of nitrogens with zero attached hydrogens (tertiary/aromatic N) is 1. The minimum atomic E-state index is -3.63. The Hall–Kier alpha value is -2.69. The number of hydrogen-bond donors (Lipinski definition) is 0. The maximum atomic E-state index is 13.3. The lowest BCUT2D eigenvalue weighted by Gasteiger charge is -2.29. The van der Waals surface area contributed by atoms with Crippen molar-refractivity contribution in [3.8, 4) is 0 Å². The monoisotopic (exact) mass is 405 g/mol. The summed E-state index contributed by atoms with van der Waals surface area (Å²) in [7, 11) is -3.63. The van der Waals surface area contributed by atoms with E-state index in [2.05, 4.69) is 36.9 Å². The van der Waals surface area contributed by atoms with Crippen molar-refractivity contribution in [1.29, 1.82) is 0 Å². The van der Waals surface area contributed by atoms with Crippen LogP contribution in [0.5, 0.6) is 0 Å². The van der Waals surface area contributed by atoms with Gasteiger partial charge in [0.15, 0.2) is 0 Å². The van der Waals surface area contributed by atoms with Crippen LogP contribution in [0.25, 0.3) is 6.08 Å². The third-order valence-electron chi connectivity index (χ3n) is 4.96. The number of rotatable bonds is 7. The van der Waals surface area contributed by atoms with Crippen LogP contribution in [0.1, 0.15) is 17.5 Å². The fourth-order valence-electron chi connectivity index (χ4n) is 3.38. The van der Waals surface area contributed by atoms with Crippen molar-refractivity contribution < 1.29 is 8.42 Å². The first-order chi connectivity index (χ1) is 14.0. The number of aryl methyl sites for hydroxylation is 1. The fraction of sp³-hybridized carbons (Fsp3) is 0.200. The highest BCUT2D eigenvalue weighted by atomic mass is 32.2. The van der Waals surface area contributed by atoms with Gasteiger partial charge in [0, 0.05) is 12.6 Å². The molecule has 29 heavy (non-hydrogen) atoms. The zero-order chi connectivity index (χ0) is 20.7. The van der Waals surface area contributed by atoms with Crippen LogP contribution in [0, 0.1) is 12.8 Å². The van der Waals surface area contributed by atoms with Crippen molar-refractivity contribution in [1.82, 2.24) is 4.31 Å². The molecule has 1 aliphatic rings. The van der Waals surface area contributed by atoms with E-state index in [1.54, 1.807) is 18.2 Å². The highest BCUT2D eigenvalue weighted by Crippen LogP contribution is 2.26. The van der Waals surface area contributed by atoms with Crippen LogP contribution in [-0.4, -0.2) is 25.3 Å². The Balaban J connectivity index is 1.85. The molecule has 2 atom stereocenters. The van der Waals surface area contributed by atoms with Gasteiger partial charge in [-0.25, -0.2) is 8.42 Å². The Labute approximate surface area is 174 Å². The summed E-state index contributed by atoms with van der Waals surface area (Å²) in [5.41, 5.74) is 2.16. The summed E-state index contributed by atoms with van der Waals surface area (Å²) in [5, 5.41) is 0. The molecule has 0 unspecified atom stereocenters. The molecule has 0 heterocycles. The largest absolute Gasteiger partial charge is 0.243 e. The third-order valence-corrected chi connectivity index (χ3v) is 6.86. The SMILES string of the molecule is C=CCN([C@@H]1C=CC=C[C@H](/C=C/c2ccccc2)C1)S(=O)(=O)c1ccc(C)cc1. The minimum Gasteiger partial charge on any atom is -0.207 e. The highest BCUT2D eigenvalue weighted by Gasteiger charge is 2.30. The Kier molecular flexibility index (Phi) is 7.02. The van der Waals surface area contributed by atoms with E-state index in [1.165, 1.54) is 4.31 Å². The zero-order valence-electron chi connectivity index (χ0n) is 16.7. The van der Waals surface area contributed by atoms with Gasteiger partial charge in [0.05, 0.1) is 4.90 Å². The molecule has 0 bridgehead atoms. The van der Waals surface area contributed by atoms with Crippen LogP contribution in [0.2, 0.25) is 0 Å². The van der Waals surface area contributed by atoms with Crippen LogP contribution in [0.3, 0.4) is 0 Å². The molecule has 0 saturated carbocycles. The van der Waals surface area contributed by atoms with Gasteiger partial charge in [-0.1, -0.05) is 90.6 Å². The molecule has 3 nitrogen and oxygen atoms in total. The first-order valence-electron chi connectivity index (χ1n) is 9.78. The molecular weight excluding hydrogens is 378 g/mol. The molecule has 0 fully saturated rings. The lowest BCUT2D eigenvalue weighted by molar-refractivity contribution is 0.362. The predicted molar refractivity (Wildman–Crippen MR) is 121 cm³/mol. The summed E-state index contributed by atoms with van der Waals surface area (Å²) in [4.78, 5) is 0.312. The minimum absolute atomic E-state index is 0.135. The number of sulfonamides is 1. The van der Waals surface area contributed by atoms with Gasteiger partial charge < -0.3 is 0 Å². The average Bonchev–Trinajstić information content (AvgIpc) is 2.97. The van der Waals surface area contributed by atoms with Crippen molar-refractivity contribution in [3.05, 3.63) is 109 Å². The van der Waals surface area contributed by atoms with Gasteiger partial charge in [-0.15, -0.1) is 6.58 Å². The van der Waals surface area contributed by atoms with E-state index in [-0.39, 0.29) is 18.5 Å². The highest BCUT2D eigenvalue weighted by molar-refractivity contribution is 7.89. The smallest absolute Gasteiger partial charge is 0.207 e. The second-order valence-corrected chi connectivity index (χ2v) is 9.07.